The second-order valence-electron chi connectivity index (χ2n) is 8.28. The Morgan fingerprint density at radius 2 is 1.88 bits per heavy atom. The van der Waals surface area contributed by atoms with E-state index in [1.807, 2.05) is 36.6 Å². The van der Waals surface area contributed by atoms with E-state index in [9.17, 15) is 4.79 Å². The number of amides is 1. The summed E-state index contributed by atoms with van der Waals surface area (Å²) in [5.41, 5.74) is 3.24. The number of likely N-dealkylation sites (tertiary alicyclic amines) is 1. The molecule has 33 heavy (non-hydrogen) atoms. The Kier molecular flexibility index (Phi) is 8.47. The lowest BCUT2D eigenvalue weighted by Gasteiger charge is -2.32. The molecule has 1 aliphatic heterocycles. The molecule has 2 N–H and O–H groups in total. The third-order valence-electron chi connectivity index (χ3n) is 5.83. The van der Waals surface area contributed by atoms with E-state index in [1.54, 1.807) is 0 Å². The van der Waals surface area contributed by atoms with Crippen LogP contribution in [0.3, 0.4) is 0 Å². The van der Waals surface area contributed by atoms with E-state index >= 15 is 0 Å². The third kappa shape index (κ3) is 7.12. The number of benzene rings is 2. The molecule has 3 aromatic rings. The highest BCUT2D eigenvalue weighted by atomic mass is 32.1. The summed E-state index contributed by atoms with van der Waals surface area (Å²) in [5, 5.41) is 9.09. The van der Waals surface area contributed by atoms with Gasteiger partial charge in [0.25, 0.3) is 0 Å². The Morgan fingerprint density at radius 1 is 1.12 bits per heavy atom. The van der Waals surface area contributed by atoms with Gasteiger partial charge in [-0.05, 0) is 62.7 Å². The maximum atomic E-state index is 12.4. The molecule has 0 aliphatic carbocycles. The van der Waals surface area contributed by atoms with Gasteiger partial charge in [-0.15, -0.1) is 11.3 Å². The van der Waals surface area contributed by atoms with Crippen molar-refractivity contribution in [2.24, 2.45) is 0 Å². The van der Waals surface area contributed by atoms with Crippen LogP contribution < -0.4 is 15.4 Å². The number of piperidine rings is 1. The molecule has 0 atom stereocenters. The summed E-state index contributed by atoms with van der Waals surface area (Å²) >= 11 is 1.45. The molecule has 0 spiro atoms. The highest BCUT2D eigenvalue weighted by Crippen LogP contribution is 2.26. The van der Waals surface area contributed by atoms with Crippen molar-refractivity contribution in [3.05, 3.63) is 65.5 Å². The van der Waals surface area contributed by atoms with Crippen molar-refractivity contribution in [3.8, 4) is 17.0 Å². The van der Waals surface area contributed by atoms with Gasteiger partial charge in [-0.2, -0.15) is 0 Å². The lowest BCUT2D eigenvalue weighted by Crippen LogP contribution is -2.42. The summed E-state index contributed by atoms with van der Waals surface area (Å²) in [7, 11) is 0. The predicted octanol–water partition coefficient (Wildman–Crippen LogP) is 4.79. The molecule has 1 saturated heterocycles. The first-order valence-electron chi connectivity index (χ1n) is 11.7. The second kappa shape index (κ2) is 11.9. The Hall–Kier alpha value is -2.74. The van der Waals surface area contributed by atoms with Gasteiger partial charge in [-0.1, -0.05) is 30.3 Å². The van der Waals surface area contributed by atoms with Gasteiger partial charge in [0.15, 0.2) is 5.13 Å². The minimum Gasteiger partial charge on any atom is -0.494 e. The van der Waals surface area contributed by atoms with E-state index in [0.29, 0.717) is 30.7 Å². The molecular formula is C26H32N4O2S. The van der Waals surface area contributed by atoms with Gasteiger partial charge in [-0.3, -0.25) is 9.69 Å². The smallest absolute Gasteiger partial charge is 0.227 e. The summed E-state index contributed by atoms with van der Waals surface area (Å²) in [6.45, 7) is 6.50. The van der Waals surface area contributed by atoms with Crippen LogP contribution in [0.5, 0.6) is 5.75 Å². The van der Waals surface area contributed by atoms with Gasteiger partial charge >= 0.3 is 0 Å². The number of anilines is 1. The highest BCUT2D eigenvalue weighted by Gasteiger charge is 2.19. The fourth-order valence-corrected chi connectivity index (χ4v) is 4.80. The average molecular weight is 465 g/mol. The fourth-order valence-electron chi connectivity index (χ4n) is 4.06. The van der Waals surface area contributed by atoms with Crippen LogP contribution in [0.2, 0.25) is 0 Å². The average Bonchev–Trinajstić information content (AvgIpc) is 3.30. The van der Waals surface area contributed by atoms with E-state index in [4.69, 9.17) is 4.74 Å². The summed E-state index contributed by atoms with van der Waals surface area (Å²) < 4.78 is 5.48. The van der Waals surface area contributed by atoms with E-state index in [-0.39, 0.29) is 5.91 Å². The lowest BCUT2D eigenvalue weighted by molar-refractivity contribution is -0.116. The number of aromatic nitrogens is 1. The maximum Gasteiger partial charge on any atom is 0.227 e. The standard InChI is InChI=1S/C26H32N4O2S/c1-2-32-23-10-8-21(9-11-23)24-19-33-26(28-24)29-25(31)12-15-27-22-13-16-30(17-14-22)18-20-6-4-3-5-7-20/h3-11,19,22,27H,2,12-18H2,1H3,(H,28,29,31). The van der Waals surface area contributed by atoms with Gasteiger partial charge in [0.05, 0.1) is 12.3 Å². The maximum absolute atomic E-state index is 12.4. The molecule has 1 amide bonds. The molecule has 0 unspecified atom stereocenters. The zero-order valence-electron chi connectivity index (χ0n) is 19.1. The number of ether oxygens (including phenoxy) is 1. The molecule has 2 heterocycles. The number of nitrogens with one attached hydrogen (secondary N) is 2. The van der Waals surface area contributed by atoms with Crippen molar-refractivity contribution < 1.29 is 9.53 Å². The molecule has 1 aliphatic rings. The first-order chi connectivity index (χ1) is 16.2. The highest BCUT2D eigenvalue weighted by molar-refractivity contribution is 7.14. The van der Waals surface area contributed by atoms with Crippen LogP contribution in [0.1, 0.15) is 31.7 Å². The van der Waals surface area contributed by atoms with Crippen molar-refractivity contribution in [2.45, 2.75) is 38.8 Å². The molecule has 2 aromatic carbocycles. The molecule has 7 heteroatoms. The molecule has 0 saturated carbocycles. The van der Waals surface area contributed by atoms with E-state index < -0.39 is 0 Å². The van der Waals surface area contributed by atoms with Crippen LogP contribution in [0.4, 0.5) is 5.13 Å². The van der Waals surface area contributed by atoms with Crippen molar-refractivity contribution >= 4 is 22.4 Å². The SMILES string of the molecule is CCOc1ccc(-c2csc(NC(=O)CCNC3CCN(Cc4ccccc4)CC3)n2)cc1. The number of hydrogen-bond acceptors (Lipinski definition) is 6. The number of nitrogens with zero attached hydrogens (tertiary/aromatic N) is 2. The van der Waals surface area contributed by atoms with Gasteiger partial charge in [0.1, 0.15) is 5.75 Å². The second-order valence-corrected chi connectivity index (χ2v) is 9.14. The largest absolute Gasteiger partial charge is 0.494 e. The Morgan fingerprint density at radius 3 is 2.61 bits per heavy atom. The van der Waals surface area contributed by atoms with Crippen LogP contribution in [0, 0.1) is 0 Å². The van der Waals surface area contributed by atoms with E-state index in [1.165, 1.54) is 16.9 Å². The number of thiazole rings is 1. The number of carbonyl (C=O) groups excluding carboxylic acids is 1. The lowest BCUT2D eigenvalue weighted by atomic mass is 10.0. The van der Waals surface area contributed by atoms with Crippen LogP contribution >= 0.6 is 11.3 Å². The molecule has 174 valence electrons. The Bertz CT molecular complexity index is 999. The summed E-state index contributed by atoms with van der Waals surface area (Å²) in [4.78, 5) is 19.4. The van der Waals surface area contributed by atoms with Gasteiger partial charge < -0.3 is 15.4 Å². The number of carbonyl (C=O) groups is 1. The van der Waals surface area contributed by atoms with Gasteiger partial charge in [0, 0.05) is 36.5 Å². The molecule has 0 bridgehead atoms. The monoisotopic (exact) mass is 464 g/mol. The fraction of sp³-hybridized carbons (Fsp3) is 0.385. The third-order valence-corrected chi connectivity index (χ3v) is 6.59. The molecule has 4 rings (SSSR count). The first-order valence-corrected chi connectivity index (χ1v) is 12.6. The van der Waals surface area contributed by atoms with Crippen molar-refractivity contribution in [2.75, 3.05) is 31.6 Å². The minimum atomic E-state index is -0.00314. The molecular weight excluding hydrogens is 432 g/mol. The molecule has 1 aromatic heterocycles. The van der Waals surface area contributed by atoms with Gasteiger partial charge in [-0.25, -0.2) is 4.98 Å². The molecule has 0 radical (unpaired) electrons. The van der Waals surface area contributed by atoms with Crippen LogP contribution in [-0.4, -0.2) is 48.1 Å². The zero-order valence-corrected chi connectivity index (χ0v) is 19.9. The summed E-state index contributed by atoms with van der Waals surface area (Å²) in [5.74, 6) is 0.844. The van der Waals surface area contributed by atoms with Crippen molar-refractivity contribution in [1.82, 2.24) is 15.2 Å². The summed E-state index contributed by atoms with van der Waals surface area (Å²) in [6.07, 6.45) is 2.68. The number of hydrogen-bond donors (Lipinski definition) is 2. The van der Waals surface area contributed by atoms with E-state index in [0.717, 1.165) is 49.5 Å². The van der Waals surface area contributed by atoms with Crippen LogP contribution in [0.15, 0.2) is 60.0 Å². The zero-order chi connectivity index (χ0) is 22.9. The van der Waals surface area contributed by atoms with E-state index in [2.05, 4.69) is 50.8 Å². The molecule has 6 nitrogen and oxygen atoms in total. The van der Waals surface area contributed by atoms with Crippen molar-refractivity contribution in [1.29, 1.82) is 0 Å². The topological polar surface area (TPSA) is 66.5 Å². The van der Waals surface area contributed by atoms with Gasteiger partial charge in [0.2, 0.25) is 5.91 Å². The predicted molar refractivity (Wildman–Crippen MR) is 135 cm³/mol. The Balaban J connectivity index is 1.15. The first kappa shape index (κ1) is 23.4. The Labute approximate surface area is 200 Å². The summed E-state index contributed by atoms with van der Waals surface area (Å²) in [6, 6.07) is 19.0. The normalized spacial score (nSPS) is 14.8. The minimum absolute atomic E-state index is 0.00314. The van der Waals surface area contributed by atoms with Crippen LogP contribution in [0.25, 0.3) is 11.3 Å². The van der Waals surface area contributed by atoms with Crippen molar-refractivity contribution in [3.63, 3.8) is 0 Å². The van der Waals surface area contributed by atoms with Crippen LogP contribution in [-0.2, 0) is 11.3 Å². The number of rotatable bonds is 10. The quantitative estimate of drug-likeness (QED) is 0.452. The molecule has 1 fully saturated rings.